The average molecular weight is 576 g/mol. The highest BCUT2D eigenvalue weighted by Crippen LogP contribution is 2.41. The SMILES string of the molecule is COc1cc(C(=O)N2C[C@H]3CC[C@@H]2[C@@H]3NC(=O)OC(C)(C)C)cc2nc(-c3cc4ccsc4n3CC3CC3)n(C)c12. The van der Waals surface area contributed by atoms with E-state index in [0.717, 1.165) is 47.9 Å². The molecule has 1 aromatic carbocycles. The normalized spacial score (nSPS) is 22.2. The molecule has 10 heteroatoms. The molecule has 1 aliphatic heterocycles. The number of nitrogens with one attached hydrogen (secondary N) is 1. The standard InChI is InChI=1S/C31H37N5O4S/c1-31(2,3)40-30(38)33-25-19-8-9-22(25)35(16-19)28(37)20-12-21-26(24(14-20)39-5)34(4)27(32-21)23-13-18-10-11-41-29(18)36(23)15-17-6-7-17/h10-14,17,19,22,25H,6-9,15-16H2,1-5H3,(H,33,38)/t19-,22-,25-/m1/s1. The van der Waals surface area contributed by atoms with Crippen LogP contribution in [0.4, 0.5) is 4.79 Å². The first-order valence-electron chi connectivity index (χ1n) is 14.5. The number of carbonyl (C=O) groups excluding carboxylic acids is 2. The summed E-state index contributed by atoms with van der Waals surface area (Å²) in [5.41, 5.74) is 2.69. The molecule has 3 aliphatic rings. The zero-order chi connectivity index (χ0) is 28.6. The van der Waals surface area contributed by atoms with E-state index in [-0.39, 0.29) is 23.9 Å². The molecular weight excluding hydrogens is 538 g/mol. The number of imidazole rings is 1. The zero-order valence-corrected chi connectivity index (χ0v) is 25.1. The quantitative estimate of drug-likeness (QED) is 0.314. The predicted molar refractivity (Wildman–Crippen MR) is 160 cm³/mol. The number of alkyl carbamates (subject to hydrolysis) is 1. The summed E-state index contributed by atoms with van der Waals surface area (Å²) >= 11 is 1.77. The first-order valence-corrected chi connectivity index (χ1v) is 15.4. The molecule has 3 aromatic heterocycles. The van der Waals surface area contributed by atoms with Gasteiger partial charge in [0.15, 0.2) is 5.82 Å². The second-order valence-corrected chi connectivity index (χ2v) is 13.7. The van der Waals surface area contributed by atoms with Gasteiger partial charge in [-0.15, -0.1) is 11.3 Å². The van der Waals surface area contributed by atoms with Crippen molar-refractivity contribution < 1.29 is 19.1 Å². The molecule has 2 amide bonds. The topological polar surface area (TPSA) is 90.6 Å². The number of aromatic nitrogens is 3. The van der Waals surface area contributed by atoms with Crippen molar-refractivity contribution in [3.63, 3.8) is 0 Å². The van der Waals surface area contributed by atoms with E-state index in [1.807, 2.05) is 44.9 Å². The highest BCUT2D eigenvalue weighted by atomic mass is 32.1. The Balaban J connectivity index is 1.21. The first kappa shape index (κ1) is 26.4. The molecule has 2 aliphatic carbocycles. The fraction of sp³-hybridized carbons (Fsp3) is 0.516. The Hall–Kier alpha value is -3.53. The largest absolute Gasteiger partial charge is 0.494 e. The smallest absolute Gasteiger partial charge is 0.407 e. The summed E-state index contributed by atoms with van der Waals surface area (Å²) in [7, 11) is 3.66. The van der Waals surface area contributed by atoms with Crippen LogP contribution in [-0.4, -0.2) is 62.4 Å². The van der Waals surface area contributed by atoms with Gasteiger partial charge in [0.1, 0.15) is 21.7 Å². The number of nitrogens with zero attached hydrogens (tertiary/aromatic N) is 4. The Morgan fingerprint density at radius 2 is 1.95 bits per heavy atom. The van der Waals surface area contributed by atoms with Crippen molar-refractivity contribution >= 4 is 44.6 Å². The van der Waals surface area contributed by atoms with Crippen LogP contribution in [0.2, 0.25) is 0 Å². The Morgan fingerprint density at radius 3 is 2.68 bits per heavy atom. The van der Waals surface area contributed by atoms with E-state index in [0.29, 0.717) is 17.9 Å². The van der Waals surface area contributed by atoms with Crippen molar-refractivity contribution in [1.29, 1.82) is 0 Å². The van der Waals surface area contributed by atoms with Crippen molar-refractivity contribution in [3.8, 4) is 17.3 Å². The molecule has 7 rings (SSSR count). The molecule has 2 saturated carbocycles. The molecule has 1 saturated heterocycles. The van der Waals surface area contributed by atoms with E-state index in [1.54, 1.807) is 18.4 Å². The summed E-state index contributed by atoms with van der Waals surface area (Å²) in [6, 6.07) is 7.96. The van der Waals surface area contributed by atoms with E-state index < -0.39 is 11.7 Å². The van der Waals surface area contributed by atoms with Gasteiger partial charge >= 0.3 is 6.09 Å². The van der Waals surface area contributed by atoms with Gasteiger partial charge in [-0.05, 0) is 87.9 Å². The zero-order valence-electron chi connectivity index (χ0n) is 24.3. The summed E-state index contributed by atoms with van der Waals surface area (Å²) in [5.74, 6) is 2.38. The number of hydrogen-bond acceptors (Lipinski definition) is 6. The maximum atomic E-state index is 13.9. The Kier molecular flexibility index (Phi) is 6.12. The van der Waals surface area contributed by atoms with Crippen LogP contribution in [0.3, 0.4) is 0 Å². The molecule has 9 nitrogen and oxygen atoms in total. The third-order valence-corrected chi connectivity index (χ3v) is 9.75. The minimum Gasteiger partial charge on any atom is -0.494 e. The lowest BCUT2D eigenvalue weighted by Gasteiger charge is -2.28. The number of fused-ring (bicyclic) bond motifs is 4. The van der Waals surface area contributed by atoms with Gasteiger partial charge < -0.3 is 28.8 Å². The van der Waals surface area contributed by atoms with Crippen LogP contribution in [-0.2, 0) is 18.3 Å². The van der Waals surface area contributed by atoms with Crippen LogP contribution < -0.4 is 10.1 Å². The number of benzene rings is 1. The fourth-order valence-corrected chi connectivity index (χ4v) is 7.68. The number of ether oxygens (including phenoxy) is 2. The van der Waals surface area contributed by atoms with Crippen LogP contribution in [0.1, 0.15) is 56.8 Å². The van der Waals surface area contributed by atoms with Gasteiger partial charge in [0.2, 0.25) is 0 Å². The lowest BCUT2D eigenvalue weighted by atomic mass is 10.1. The average Bonchev–Trinajstić information content (AvgIpc) is 3.22. The molecule has 1 N–H and O–H groups in total. The van der Waals surface area contributed by atoms with E-state index in [1.165, 1.54) is 23.1 Å². The molecule has 2 bridgehead atoms. The molecule has 3 atom stereocenters. The fourth-order valence-electron chi connectivity index (χ4n) is 6.78. The summed E-state index contributed by atoms with van der Waals surface area (Å²) in [6.07, 6.45) is 3.97. The van der Waals surface area contributed by atoms with Gasteiger partial charge in [0.25, 0.3) is 5.91 Å². The van der Waals surface area contributed by atoms with Crippen LogP contribution >= 0.6 is 11.3 Å². The number of piperidine rings is 1. The third kappa shape index (κ3) is 4.56. The van der Waals surface area contributed by atoms with E-state index in [2.05, 4.69) is 32.0 Å². The maximum Gasteiger partial charge on any atom is 0.407 e. The molecule has 0 unspecified atom stereocenters. The van der Waals surface area contributed by atoms with Crippen molar-refractivity contribution in [2.24, 2.45) is 18.9 Å². The molecule has 41 heavy (non-hydrogen) atoms. The van der Waals surface area contributed by atoms with Crippen LogP contribution in [0.15, 0.2) is 29.6 Å². The van der Waals surface area contributed by atoms with E-state index in [9.17, 15) is 9.59 Å². The van der Waals surface area contributed by atoms with Gasteiger partial charge in [-0.1, -0.05) is 0 Å². The highest BCUT2D eigenvalue weighted by molar-refractivity contribution is 7.16. The highest BCUT2D eigenvalue weighted by Gasteiger charge is 2.50. The van der Waals surface area contributed by atoms with Crippen molar-refractivity contribution in [3.05, 3.63) is 35.2 Å². The lowest BCUT2D eigenvalue weighted by Crippen LogP contribution is -2.46. The Labute approximate surface area is 243 Å². The number of likely N-dealkylation sites (tertiary alicyclic amines) is 1. The van der Waals surface area contributed by atoms with Crippen LogP contribution in [0.5, 0.6) is 5.75 Å². The summed E-state index contributed by atoms with van der Waals surface area (Å²) in [6.45, 7) is 7.17. The second kappa shape index (κ2) is 9.51. The van der Waals surface area contributed by atoms with E-state index >= 15 is 0 Å². The molecule has 4 heterocycles. The van der Waals surface area contributed by atoms with Gasteiger partial charge in [0.05, 0.1) is 30.4 Å². The number of hydrogen-bond donors (Lipinski definition) is 1. The summed E-state index contributed by atoms with van der Waals surface area (Å²) in [5, 5.41) is 6.43. The number of amides is 2. The van der Waals surface area contributed by atoms with Crippen molar-refractivity contribution in [2.45, 2.75) is 70.7 Å². The molecule has 0 radical (unpaired) electrons. The molecule has 4 aromatic rings. The minimum atomic E-state index is -0.570. The Morgan fingerprint density at radius 1 is 1.15 bits per heavy atom. The lowest BCUT2D eigenvalue weighted by molar-refractivity contribution is 0.0485. The molecule has 0 spiro atoms. The number of methoxy groups -OCH3 is 1. The van der Waals surface area contributed by atoms with Gasteiger partial charge in [-0.25, -0.2) is 9.78 Å². The van der Waals surface area contributed by atoms with Crippen LogP contribution in [0.25, 0.3) is 32.8 Å². The van der Waals surface area contributed by atoms with Gasteiger partial charge in [-0.3, -0.25) is 4.79 Å². The number of rotatable bonds is 6. The third-order valence-electron chi connectivity index (χ3n) is 8.80. The first-order chi connectivity index (χ1) is 19.6. The number of carbonyl (C=O) groups is 2. The van der Waals surface area contributed by atoms with Crippen molar-refractivity contribution in [2.75, 3.05) is 13.7 Å². The van der Waals surface area contributed by atoms with E-state index in [4.69, 9.17) is 14.5 Å². The monoisotopic (exact) mass is 575 g/mol. The maximum absolute atomic E-state index is 13.9. The molecule has 216 valence electrons. The Bertz CT molecular complexity index is 1670. The summed E-state index contributed by atoms with van der Waals surface area (Å²) < 4.78 is 15.8. The number of aryl methyl sites for hydroxylation is 1. The minimum absolute atomic E-state index is 0.0559. The number of thiophene rings is 1. The van der Waals surface area contributed by atoms with Gasteiger partial charge in [0, 0.05) is 31.1 Å². The predicted octanol–water partition coefficient (Wildman–Crippen LogP) is 5.80. The van der Waals surface area contributed by atoms with Crippen molar-refractivity contribution in [1.82, 2.24) is 24.3 Å². The van der Waals surface area contributed by atoms with Crippen LogP contribution in [0, 0.1) is 11.8 Å². The second-order valence-electron chi connectivity index (χ2n) is 12.8. The van der Waals surface area contributed by atoms with Gasteiger partial charge in [-0.2, -0.15) is 0 Å². The molecular formula is C31H37N5O4S. The molecule has 3 fully saturated rings. The summed E-state index contributed by atoms with van der Waals surface area (Å²) in [4.78, 5) is 34.7.